The van der Waals surface area contributed by atoms with Gasteiger partial charge < -0.3 is 0 Å². The Morgan fingerprint density at radius 3 is 2.53 bits per heavy atom. The molecular weight excluding hydrogens is 210 g/mol. The maximum Gasteiger partial charge on any atom is 0.179 e. The molecule has 4 heteroatoms. The van der Waals surface area contributed by atoms with Gasteiger partial charge in [0.05, 0.1) is 16.7 Å². The maximum absolute atomic E-state index is 11.8. The Bertz CT molecular complexity index is 498. The minimum absolute atomic E-state index is 0.0374. The zero-order valence-corrected chi connectivity index (χ0v) is 9.63. The molecule has 0 radical (unpaired) electrons. The molecule has 0 aliphatic carbocycles. The second-order valence-electron chi connectivity index (χ2n) is 3.50. The Morgan fingerprint density at radius 1 is 1.33 bits per heavy atom. The van der Waals surface area contributed by atoms with E-state index in [1.807, 2.05) is 19.1 Å². The molecule has 15 heavy (non-hydrogen) atoms. The van der Waals surface area contributed by atoms with E-state index in [1.165, 1.54) is 0 Å². The molecule has 1 rings (SSSR count). The first-order valence-corrected chi connectivity index (χ1v) is 6.29. The van der Waals surface area contributed by atoms with Crippen LogP contribution in [0.2, 0.25) is 0 Å². The Morgan fingerprint density at radius 2 is 2.00 bits per heavy atom. The van der Waals surface area contributed by atoms with Gasteiger partial charge in [-0.1, -0.05) is 17.7 Å². The van der Waals surface area contributed by atoms with Gasteiger partial charge in [-0.25, -0.2) is 8.42 Å². The van der Waals surface area contributed by atoms with E-state index < -0.39 is 9.84 Å². The number of hydrogen-bond donors (Lipinski definition) is 0. The molecule has 1 aromatic rings. The number of hydrogen-bond acceptors (Lipinski definition) is 3. The van der Waals surface area contributed by atoms with E-state index in [0.717, 1.165) is 11.1 Å². The predicted octanol–water partition coefficient (Wildman–Crippen LogP) is 1.99. The molecule has 3 nitrogen and oxygen atoms in total. The highest BCUT2D eigenvalue weighted by Gasteiger charge is 2.16. The SMILES string of the molecule is Cc1ccc(S(=O)(=O)CCC#N)c(C)c1. The van der Waals surface area contributed by atoms with Crippen molar-refractivity contribution in [1.82, 2.24) is 0 Å². The first-order chi connectivity index (χ1) is 6.97. The normalized spacial score (nSPS) is 11.0. The number of sulfone groups is 1. The largest absolute Gasteiger partial charge is 0.224 e. The zero-order valence-electron chi connectivity index (χ0n) is 8.82. The lowest BCUT2D eigenvalue weighted by atomic mass is 10.2. The molecule has 0 heterocycles. The molecule has 1 aromatic carbocycles. The molecule has 0 saturated carbocycles. The predicted molar refractivity (Wildman–Crippen MR) is 58.2 cm³/mol. The highest BCUT2D eigenvalue weighted by molar-refractivity contribution is 7.91. The van der Waals surface area contributed by atoms with Crippen molar-refractivity contribution < 1.29 is 8.42 Å². The molecule has 0 bridgehead atoms. The molecule has 0 unspecified atom stereocenters. The van der Waals surface area contributed by atoms with Gasteiger partial charge in [-0.15, -0.1) is 0 Å². The summed E-state index contributed by atoms with van der Waals surface area (Å²) in [6.45, 7) is 3.69. The van der Waals surface area contributed by atoms with E-state index in [9.17, 15) is 8.42 Å². The van der Waals surface area contributed by atoms with Gasteiger partial charge in [-0.05, 0) is 25.5 Å². The molecule has 0 saturated heterocycles. The summed E-state index contributed by atoms with van der Waals surface area (Å²) in [7, 11) is -3.29. The summed E-state index contributed by atoms with van der Waals surface area (Å²) in [4.78, 5) is 0.336. The molecule has 0 N–H and O–H groups in total. The van der Waals surface area contributed by atoms with Crippen LogP contribution in [0.1, 0.15) is 17.5 Å². The average molecular weight is 223 g/mol. The topological polar surface area (TPSA) is 57.9 Å². The van der Waals surface area contributed by atoms with Crippen molar-refractivity contribution in [2.45, 2.75) is 25.2 Å². The Hall–Kier alpha value is -1.34. The van der Waals surface area contributed by atoms with E-state index in [4.69, 9.17) is 5.26 Å². The van der Waals surface area contributed by atoms with Crippen molar-refractivity contribution >= 4 is 9.84 Å². The molecule has 0 fully saturated rings. The van der Waals surface area contributed by atoms with E-state index in [-0.39, 0.29) is 12.2 Å². The number of nitriles is 1. The van der Waals surface area contributed by atoms with Gasteiger partial charge in [-0.3, -0.25) is 0 Å². The van der Waals surface area contributed by atoms with Crippen LogP contribution in [-0.4, -0.2) is 14.2 Å². The van der Waals surface area contributed by atoms with Crippen molar-refractivity contribution in [1.29, 1.82) is 5.26 Å². The summed E-state index contributed by atoms with van der Waals surface area (Å²) in [5, 5.41) is 8.38. The summed E-state index contributed by atoms with van der Waals surface area (Å²) in [5.41, 5.74) is 1.78. The Balaban J connectivity index is 3.12. The van der Waals surface area contributed by atoms with E-state index in [2.05, 4.69) is 0 Å². The molecule has 0 amide bonds. The average Bonchev–Trinajstić information content (AvgIpc) is 2.14. The minimum atomic E-state index is -3.29. The van der Waals surface area contributed by atoms with Crippen LogP contribution in [0, 0.1) is 25.2 Å². The van der Waals surface area contributed by atoms with Gasteiger partial charge in [-0.2, -0.15) is 5.26 Å². The first-order valence-electron chi connectivity index (χ1n) is 4.64. The zero-order chi connectivity index (χ0) is 11.5. The molecule has 0 aliphatic rings. The van der Waals surface area contributed by atoms with Gasteiger partial charge in [0, 0.05) is 6.42 Å². The standard InChI is InChI=1S/C11H13NO2S/c1-9-4-5-11(10(2)8-9)15(13,14)7-3-6-12/h4-5,8H,3,7H2,1-2H3. The lowest BCUT2D eigenvalue weighted by molar-refractivity contribution is 0.595. The second kappa shape index (κ2) is 4.45. The summed E-state index contributed by atoms with van der Waals surface area (Å²) >= 11 is 0. The fourth-order valence-electron chi connectivity index (χ4n) is 1.44. The van der Waals surface area contributed by atoms with Gasteiger partial charge in [0.2, 0.25) is 0 Å². The number of benzene rings is 1. The van der Waals surface area contributed by atoms with Crippen LogP contribution < -0.4 is 0 Å². The molecule has 0 aliphatic heterocycles. The van der Waals surface area contributed by atoms with Gasteiger partial charge in [0.1, 0.15) is 0 Å². The quantitative estimate of drug-likeness (QED) is 0.787. The van der Waals surface area contributed by atoms with Gasteiger partial charge >= 0.3 is 0 Å². The smallest absolute Gasteiger partial charge is 0.179 e. The number of aryl methyl sites for hydroxylation is 2. The maximum atomic E-state index is 11.8. The Labute approximate surface area is 90.3 Å². The third-order valence-corrected chi connectivity index (χ3v) is 4.02. The Kier molecular flexibility index (Phi) is 3.48. The van der Waals surface area contributed by atoms with Crippen molar-refractivity contribution in [3.63, 3.8) is 0 Å². The van der Waals surface area contributed by atoms with Crippen molar-refractivity contribution in [2.75, 3.05) is 5.75 Å². The highest BCUT2D eigenvalue weighted by Crippen LogP contribution is 2.18. The van der Waals surface area contributed by atoms with Crippen molar-refractivity contribution in [3.05, 3.63) is 29.3 Å². The van der Waals surface area contributed by atoms with Crippen LogP contribution in [-0.2, 0) is 9.84 Å². The highest BCUT2D eigenvalue weighted by atomic mass is 32.2. The fraction of sp³-hybridized carbons (Fsp3) is 0.364. The third-order valence-electron chi connectivity index (χ3n) is 2.15. The van der Waals surface area contributed by atoms with Crippen LogP contribution in [0.3, 0.4) is 0 Å². The monoisotopic (exact) mass is 223 g/mol. The molecule has 0 aromatic heterocycles. The molecule has 80 valence electrons. The second-order valence-corrected chi connectivity index (χ2v) is 5.57. The van der Waals surface area contributed by atoms with Gasteiger partial charge in [0.25, 0.3) is 0 Å². The lowest BCUT2D eigenvalue weighted by Crippen LogP contribution is -2.08. The summed E-state index contributed by atoms with van der Waals surface area (Å²) in [5.74, 6) is -0.104. The molecule has 0 spiro atoms. The van der Waals surface area contributed by atoms with Crippen LogP contribution >= 0.6 is 0 Å². The van der Waals surface area contributed by atoms with Crippen molar-refractivity contribution in [3.8, 4) is 6.07 Å². The van der Waals surface area contributed by atoms with Crippen LogP contribution in [0.25, 0.3) is 0 Å². The van der Waals surface area contributed by atoms with E-state index >= 15 is 0 Å². The first kappa shape index (κ1) is 11.7. The van der Waals surface area contributed by atoms with Gasteiger partial charge in [0.15, 0.2) is 9.84 Å². The van der Waals surface area contributed by atoms with Crippen LogP contribution in [0.5, 0.6) is 0 Å². The fourth-order valence-corrected chi connectivity index (χ4v) is 2.84. The van der Waals surface area contributed by atoms with Crippen LogP contribution in [0.15, 0.2) is 23.1 Å². The summed E-state index contributed by atoms with van der Waals surface area (Å²) in [6.07, 6.45) is 0.0374. The lowest BCUT2D eigenvalue weighted by Gasteiger charge is -2.06. The molecule has 0 atom stereocenters. The van der Waals surface area contributed by atoms with Crippen LogP contribution in [0.4, 0.5) is 0 Å². The van der Waals surface area contributed by atoms with E-state index in [0.29, 0.717) is 4.90 Å². The van der Waals surface area contributed by atoms with E-state index in [1.54, 1.807) is 19.1 Å². The summed E-state index contributed by atoms with van der Waals surface area (Å²) < 4.78 is 23.5. The van der Waals surface area contributed by atoms with Crippen molar-refractivity contribution in [2.24, 2.45) is 0 Å². The summed E-state index contributed by atoms with van der Waals surface area (Å²) in [6, 6.07) is 7.06. The number of rotatable bonds is 3. The minimum Gasteiger partial charge on any atom is -0.224 e. The number of nitrogens with zero attached hydrogens (tertiary/aromatic N) is 1. The third kappa shape index (κ3) is 2.80. The molecular formula is C11H13NO2S.